The van der Waals surface area contributed by atoms with Crippen LogP contribution in [-0.2, 0) is 4.79 Å². The van der Waals surface area contributed by atoms with E-state index in [0.717, 1.165) is 31.2 Å². The lowest BCUT2D eigenvalue weighted by Crippen LogP contribution is -2.48. The fourth-order valence-corrected chi connectivity index (χ4v) is 3.69. The maximum absolute atomic E-state index is 12.2. The van der Waals surface area contributed by atoms with Gasteiger partial charge in [-0.1, -0.05) is 45.4 Å². The molecule has 0 aromatic heterocycles. The molecule has 2 rings (SSSR count). The van der Waals surface area contributed by atoms with E-state index < -0.39 is 0 Å². The predicted octanol–water partition coefficient (Wildman–Crippen LogP) is 3.24. The monoisotopic (exact) mass is 280 g/mol. The molecule has 0 bridgehead atoms. The minimum absolute atomic E-state index is 0.0500. The van der Waals surface area contributed by atoms with Crippen molar-refractivity contribution in [1.82, 2.24) is 10.6 Å². The summed E-state index contributed by atoms with van der Waals surface area (Å²) in [7, 11) is 0. The predicted molar refractivity (Wildman–Crippen MR) is 83.6 cm³/mol. The molecule has 0 saturated heterocycles. The number of hydrogen-bond donors (Lipinski definition) is 2. The first-order valence-corrected chi connectivity index (χ1v) is 8.70. The Hall–Kier alpha value is -0.570. The van der Waals surface area contributed by atoms with Gasteiger partial charge in [-0.05, 0) is 44.6 Å². The van der Waals surface area contributed by atoms with Gasteiger partial charge in [-0.15, -0.1) is 0 Å². The number of nitrogens with one attached hydrogen (secondary N) is 2. The van der Waals surface area contributed by atoms with Crippen molar-refractivity contribution >= 4 is 5.91 Å². The summed E-state index contributed by atoms with van der Waals surface area (Å²) in [6.07, 6.45) is 11.6. The molecule has 20 heavy (non-hydrogen) atoms. The zero-order valence-electron chi connectivity index (χ0n) is 13.3. The van der Waals surface area contributed by atoms with Gasteiger partial charge in [0.2, 0.25) is 5.91 Å². The van der Waals surface area contributed by atoms with Crippen molar-refractivity contribution < 1.29 is 4.79 Å². The molecule has 0 aromatic carbocycles. The van der Waals surface area contributed by atoms with Crippen molar-refractivity contribution in [1.29, 1.82) is 0 Å². The maximum Gasteiger partial charge on any atom is 0.237 e. The number of carbonyl (C=O) groups excluding carboxylic acids is 1. The van der Waals surface area contributed by atoms with Crippen LogP contribution in [0.1, 0.15) is 71.6 Å². The van der Waals surface area contributed by atoms with E-state index in [1.165, 1.54) is 44.9 Å². The van der Waals surface area contributed by atoms with Crippen LogP contribution in [0, 0.1) is 11.8 Å². The summed E-state index contributed by atoms with van der Waals surface area (Å²) in [5.74, 6) is 1.76. The lowest BCUT2D eigenvalue weighted by Gasteiger charge is -2.30. The molecule has 3 atom stereocenters. The third-order valence-corrected chi connectivity index (χ3v) is 5.32. The van der Waals surface area contributed by atoms with Crippen molar-refractivity contribution in [2.45, 2.75) is 83.7 Å². The van der Waals surface area contributed by atoms with E-state index in [1.807, 2.05) is 6.92 Å². The lowest BCUT2D eigenvalue weighted by molar-refractivity contribution is -0.123. The largest absolute Gasteiger partial charge is 0.352 e. The highest BCUT2D eigenvalue weighted by molar-refractivity contribution is 5.81. The number of hydrogen-bond acceptors (Lipinski definition) is 2. The van der Waals surface area contributed by atoms with E-state index in [9.17, 15) is 4.79 Å². The second kappa shape index (κ2) is 8.02. The third kappa shape index (κ3) is 4.76. The molecule has 3 unspecified atom stereocenters. The van der Waals surface area contributed by atoms with Crippen LogP contribution in [0.25, 0.3) is 0 Å². The number of amides is 1. The molecule has 116 valence electrons. The van der Waals surface area contributed by atoms with Crippen LogP contribution < -0.4 is 10.6 Å². The van der Waals surface area contributed by atoms with Crippen molar-refractivity contribution in [2.24, 2.45) is 11.8 Å². The molecule has 1 amide bonds. The van der Waals surface area contributed by atoms with Gasteiger partial charge in [-0.2, -0.15) is 0 Å². The summed E-state index contributed by atoms with van der Waals surface area (Å²) < 4.78 is 0. The first-order chi connectivity index (χ1) is 9.66. The molecule has 0 aliphatic heterocycles. The minimum Gasteiger partial charge on any atom is -0.352 e. The zero-order chi connectivity index (χ0) is 14.4. The minimum atomic E-state index is -0.0500. The van der Waals surface area contributed by atoms with Crippen molar-refractivity contribution in [3.05, 3.63) is 0 Å². The number of carbonyl (C=O) groups is 1. The van der Waals surface area contributed by atoms with Crippen LogP contribution in [0.15, 0.2) is 0 Å². The Labute approximate surface area is 124 Å². The van der Waals surface area contributed by atoms with Crippen molar-refractivity contribution in [3.8, 4) is 0 Å². The second-order valence-corrected chi connectivity index (χ2v) is 7.00. The molecule has 0 aromatic rings. The van der Waals surface area contributed by atoms with Crippen LogP contribution in [-0.4, -0.2) is 24.5 Å². The number of rotatable bonds is 5. The summed E-state index contributed by atoms with van der Waals surface area (Å²) in [6, 6.07) is 0.375. The summed E-state index contributed by atoms with van der Waals surface area (Å²) >= 11 is 0. The van der Waals surface area contributed by atoms with Gasteiger partial charge in [0.25, 0.3) is 0 Å². The maximum atomic E-state index is 12.2. The van der Waals surface area contributed by atoms with Crippen LogP contribution in [0.3, 0.4) is 0 Å². The van der Waals surface area contributed by atoms with Crippen LogP contribution >= 0.6 is 0 Å². The summed E-state index contributed by atoms with van der Waals surface area (Å²) in [5, 5.41) is 6.68. The fourth-order valence-electron chi connectivity index (χ4n) is 3.69. The Kier molecular flexibility index (Phi) is 6.34. The van der Waals surface area contributed by atoms with Crippen molar-refractivity contribution in [2.75, 3.05) is 6.54 Å². The first kappa shape index (κ1) is 15.8. The summed E-state index contributed by atoms with van der Waals surface area (Å²) in [5.41, 5.74) is 0. The van der Waals surface area contributed by atoms with Gasteiger partial charge in [0, 0.05) is 6.04 Å². The molecule has 3 heteroatoms. The molecule has 2 saturated carbocycles. The first-order valence-electron chi connectivity index (χ1n) is 8.70. The van der Waals surface area contributed by atoms with E-state index in [2.05, 4.69) is 17.6 Å². The normalized spacial score (nSPS) is 29.9. The van der Waals surface area contributed by atoms with Gasteiger partial charge >= 0.3 is 0 Å². The van der Waals surface area contributed by atoms with Gasteiger partial charge < -0.3 is 10.6 Å². The average Bonchev–Trinajstić information content (AvgIpc) is 2.47. The highest BCUT2D eigenvalue weighted by Gasteiger charge is 2.23. The summed E-state index contributed by atoms with van der Waals surface area (Å²) in [6.45, 7) is 5.37. The highest BCUT2D eigenvalue weighted by atomic mass is 16.2. The topological polar surface area (TPSA) is 41.1 Å². The Morgan fingerprint density at radius 2 is 1.70 bits per heavy atom. The van der Waals surface area contributed by atoms with Crippen LogP contribution in [0.5, 0.6) is 0 Å². The summed E-state index contributed by atoms with van der Waals surface area (Å²) in [4.78, 5) is 12.2. The molecule has 2 N–H and O–H groups in total. The SMILES string of the molecule is CC(NCC1CCCCC1C)C(=O)NC1CCCCC1. The average molecular weight is 280 g/mol. The molecule has 2 aliphatic rings. The zero-order valence-corrected chi connectivity index (χ0v) is 13.3. The van der Waals surface area contributed by atoms with Gasteiger partial charge in [-0.3, -0.25) is 4.79 Å². The van der Waals surface area contributed by atoms with E-state index in [4.69, 9.17) is 0 Å². The lowest BCUT2D eigenvalue weighted by atomic mass is 9.80. The van der Waals surface area contributed by atoms with Gasteiger partial charge in [0.15, 0.2) is 0 Å². The van der Waals surface area contributed by atoms with Gasteiger partial charge in [0.1, 0.15) is 0 Å². The third-order valence-electron chi connectivity index (χ3n) is 5.32. The van der Waals surface area contributed by atoms with Crippen LogP contribution in [0.2, 0.25) is 0 Å². The quantitative estimate of drug-likeness (QED) is 0.811. The van der Waals surface area contributed by atoms with Crippen LogP contribution in [0.4, 0.5) is 0 Å². The van der Waals surface area contributed by atoms with E-state index in [0.29, 0.717) is 6.04 Å². The van der Waals surface area contributed by atoms with E-state index in [-0.39, 0.29) is 11.9 Å². The highest BCUT2D eigenvalue weighted by Crippen LogP contribution is 2.28. The Morgan fingerprint density at radius 1 is 1.05 bits per heavy atom. The molecular weight excluding hydrogens is 248 g/mol. The molecule has 0 radical (unpaired) electrons. The van der Waals surface area contributed by atoms with E-state index >= 15 is 0 Å². The Bertz CT molecular complexity index is 299. The second-order valence-electron chi connectivity index (χ2n) is 7.00. The van der Waals surface area contributed by atoms with Gasteiger partial charge in [0.05, 0.1) is 6.04 Å². The molecule has 2 fully saturated rings. The van der Waals surface area contributed by atoms with Crippen molar-refractivity contribution in [3.63, 3.8) is 0 Å². The smallest absolute Gasteiger partial charge is 0.237 e. The molecule has 0 heterocycles. The molecule has 3 nitrogen and oxygen atoms in total. The van der Waals surface area contributed by atoms with Gasteiger partial charge in [-0.25, -0.2) is 0 Å². The fraction of sp³-hybridized carbons (Fsp3) is 0.941. The Morgan fingerprint density at radius 3 is 2.40 bits per heavy atom. The Balaban J connectivity index is 1.67. The molecule has 0 spiro atoms. The molecular formula is C17H32N2O. The van der Waals surface area contributed by atoms with E-state index in [1.54, 1.807) is 0 Å². The standard InChI is InChI=1S/C17H32N2O/c1-13-8-6-7-9-15(13)12-18-14(2)17(20)19-16-10-4-3-5-11-16/h13-16,18H,3-12H2,1-2H3,(H,19,20). The molecule has 2 aliphatic carbocycles.